The number of nitrogens with one attached hydrogen (secondary N) is 3. The van der Waals surface area contributed by atoms with Crippen LogP contribution < -0.4 is 15.4 Å². The number of aromatic nitrogens is 2. The summed E-state index contributed by atoms with van der Waals surface area (Å²) in [6.07, 6.45) is 5.53. The van der Waals surface area contributed by atoms with Crippen LogP contribution in [0.1, 0.15) is 55.5 Å². The molecule has 2 aliphatic rings. The maximum Gasteiger partial charge on any atom is 0.255 e. The lowest BCUT2D eigenvalue weighted by atomic mass is 9.98. The lowest BCUT2D eigenvalue weighted by molar-refractivity contribution is 0.0933. The second kappa shape index (κ2) is 8.16. The van der Waals surface area contributed by atoms with Crippen molar-refractivity contribution in [2.75, 3.05) is 11.9 Å². The predicted molar refractivity (Wildman–Crippen MR) is 129 cm³/mol. The molecule has 1 aliphatic carbocycles. The number of aromatic amines is 1. The quantitative estimate of drug-likeness (QED) is 0.410. The molecule has 1 saturated carbocycles. The van der Waals surface area contributed by atoms with Gasteiger partial charge in [-0.3, -0.25) is 4.79 Å². The Hall–Kier alpha value is -2.44. The molecule has 5 rings (SSSR count). The smallest absolute Gasteiger partial charge is 0.255 e. The maximum atomic E-state index is 13.1. The Labute approximate surface area is 197 Å². The molecule has 0 atom stereocenters. The second-order valence-corrected chi connectivity index (χ2v) is 10.1. The van der Waals surface area contributed by atoms with Gasteiger partial charge in [0, 0.05) is 18.5 Å². The van der Waals surface area contributed by atoms with Crippen LogP contribution in [0.25, 0.3) is 11.0 Å². The molecular weight excluding hydrogens is 447 g/mol. The third-order valence-corrected chi connectivity index (χ3v) is 6.91. The fraction of sp³-hybridized carbons (Fsp3) is 0.417. The van der Waals surface area contributed by atoms with Crippen molar-refractivity contribution in [1.29, 1.82) is 0 Å². The first-order chi connectivity index (χ1) is 15.3. The highest BCUT2D eigenvalue weighted by molar-refractivity contribution is 6.39. The largest absolute Gasteiger partial charge is 0.486 e. The van der Waals surface area contributed by atoms with Crippen molar-refractivity contribution in [3.8, 4) is 5.75 Å². The molecule has 0 spiro atoms. The summed E-state index contributed by atoms with van der Waals surface area (Å²) in [4.78, 5) is 21.1. The van der Waals surface area contributed by atoms with E-state index < -0.39 is 5.60 Å². The average molecular weight is 473 g/mol. The molecule has 3 aromatic rings. The predicted octanol–water partition coefficient (Wildman–Crippen LogP) is 6.25. The first-order valence-corrected chi connectivity index (χ1v) is 11.8. The number of rotatable bonds is 5. The number of anilines is 2. The Morgan fingerprint density at radius 2 is 1.97 bits per heavy atom. The summed E-state index contributed by atoms with van der Waals surface area (Å²) in [5.74, 6) is 1.59. The summed E-state index contributed by atoms with van der Waals surface area (Å²) < 4.78 is 6.21. The summed E-state index contributed by atoms with van der Waals surface area (Å²) in [5, 5.41) is 7.30. The number of H-pyrrole nitrogens is 1. The van der Waals surface area contributed by atoms with E-state index in [0.29, 0.717) is 51.9 Å². The molecule has 8 heteroatoms. The van der Waals surface area contributed by atoms with E-state index in [9.17, 15) is 4.79 Å². The molecule has 1 aliphatic heterocycles. The minimum absolute atomic E-state index is 0.106. The van der Waals surface area contributed by atoms with Gasteiger partial charge in [-0.25, -0.2) is 4.98 Å². The summed E-state index contributed by atoms with van der Waals surface area (Å²) >= 11 is 12.6. The molecule has 3 N–H and O–H groups in total. The summed E-state index contributed by atoms with van der Waals surface area (Å²) in [6.45, 7) is 4.75. The van der Waals surface area contributed by atoms with Gasteiger partial charge in [0.25, 0.3) is 5.91 Å². The summed E-state index contributed by atoms with van der Waals surface area (Å²) in [6, 6.07) is 7.14. The SMILES string of the molecule is CC1(C)Cc2c(c(C(=O)NCC3CCCC3)cc3[nH]c(Nc4c(Cl)cccc4Cl)nc23)O1. The molecule has 0 radical (unpaired) electrons. The van der Waals surface area contributed by atoms with Gasteiger partial charge in [-0.15, -0.1) is 0 Å². The standard InChI is InChI=1S/C24H26Cl2N4O2/c1-24(2)11-15-19-18(28-23(29-19)30-20-16(25)8-5-9-17(20)26)10-14(21(15)32-24)22(31)27-12-13-6-3-4-7-13/h5,8-10,13H,3-4,6-7,11-12H2,1-2H3,(H,27,31)(H2,28,29,30). The van der Waals surface area contributed by atoms with E-state index in [0.717, 1.165) is 16.6 Å². The molecular formula is C24H26Cl2N4O2. The molecule has 2 heterocycles. The Morgan fingerprint density at radius 3 is 2.69 bits per heavy atom. The molecule has 168 valence electrons. The molecule has 1 amide bonds. The number of halogens is 2. The minimum Gasteiger partial charge on any atom is -0.486 e. The van der Waals surface area contributed by atoms with E-state index in [1.165, 1.54) is 25.7 Å². The molecule has 6 nitrogen and oxygen atoms in total. The number of imidazole rings is 1. The minimum atomic E-state index is -0.407. The zero-order valence-corrected chi connectivity index (χ0v) is 19.7. The molecule has 1 fully saturated rings. The van der Waals surface area contributed by atoms with Crippen LogP contribution in [0.15, 0.2) is 24.3 Å². The van der Waals surface area contributed by atoms with Crippen LogP contribution in [-0.4, -0.2) is 28.0 Å². The summed E-state index contributed by atoms with van der Waals surface area (Å²) in [7, 11) is 0. The highest BCUT2D eigenvalue weighted by Gasteiger charge is 2.36. The molecule has 0 saturated heterocycles. The molecule has 32 heavy (non-hydrogen) atoms. The van der Waals surface area contributed by atoms with Gasteiger partial charge in [0.15, 0.2) is 0 Å². The number of fused-ring (bicyclic) bond motifs is 3. The van der Waals surface area contributed by atoms with Gasteiger partial charge in [-0.1, -0.05) is 42.1 Å². The van der Waals surface area contributed by atoms with Crippen LogP contribution in [0.5, 0.6) is 5.75 Å². The topological polar surface area (TPSA) is 79.0 Å². The van der Waals surface area contributed by atoms with Gasteiger partial charge in [-0.2, -0.15) is 0 Å². The van der Waals surface area contributed by atoms with Crippen LogP contribution in [0.2, 0.25) is 10.0 Å². The van der Waals surface area contributed by atoms with Crippen LogP contribution >= 0.6 is 23.2 Å². The number of hydrogen-bond donors (Lipinski definition) is 3. The van der Waals surface area contributed by atoms with E-state index in [2.05, 4.69) is 15.6 Å². The first-order valence-electron chi connectivity index (χ1n) is 11.0. The maximum absolute atomic E-state index is 13.1. The number of amides is 1. The highest BCUT2D eigenvalue weighted by Crippen LogP contribution is 2.42. The van der Waals surface area contributed by atoms with Crippen LogP contribution in [0.4, 0.5) is 11.6 Å². The number of ether oxygens (including phenoxy) is 1. The number of hydrogen-bond acceptors (Lipinski definition) is 4. The van der Waals surface area contributed by atoms with Crippen LogP contribution in [-0.2, 0) is 6.42 Å². The van der Waals surface area contributed by atoms with E-state index >= 15 is 0 Å². The zero-order valence-electron chi connectivity index (χ0n) is 18.1. The number of nitrogens with zero attached hydrogens (tertiary/aromatic N) is 1. The molecule has 1 aromatic heterocycles. The molecule has 0 bridgehead atoms. The first kappa shape index (κ1) is 21.4. The van der Waals surface area contributed by atoms with Crippen molar-refractivity contribution in [3.63, 3.8) is 0 Å². The Morgan fingerprint density at radius 1 is 1.25 bits per heavy atom. The van der Waals surface area contributed by atoms with E-state index in [4.69, 9.17) is 32.9 Å². The third-order valence-electron chi connectivity index (χ3n) is 6.28. The summed E-state index contributed by atoms with van der Waals surface area (Å²) in [5.41, 5.74) is 3.20. The Bertz CT molecular complexity index is 1180. The van der Waals surface area contributed by atoms with Gasteiger partial charge < -0.3 is 20.4 Å². The Balaban J connectivity index is 1.50. The monoisotopic (exact) mass is 472 g/mol. The van der Waals surface area contributed by atoms with Gasteiger partial charge in [0.2, 0.25) is 5.95 Å². The molecule has 2 aromatic carbocycles. The van der Waals surface area contributed by atoms with E-state index in [1.54, 1.807) is 18.2 Å². The van der Waals surface area contributed by atoms with Crippen molar-refractivity contribution in [1.82, 2.24) is 15.3 Å². The number of benzene rings is 2. The van der Waals surface area contributed by atoms with Crippen molar-refractivity contribution in [3.05, 3.63) is 45.4 Å². The van der Waals surface area contributed by atoms with E-state index in [-0.39, 0.29) is 5.91 Å². The second-order valence-electron chi connectivity index (χ2n) is 9.33. The fourth-order valence-electron chi connectivity index (χ4n) is 4.73. The number of carbonyl (C=O) groups is 1. The van der Waals surface area contributed by atoms with Gasteiger partial charge in [-0.05, 0) is 50.8 Å². The van der Waals surface area contributed by atoms with Gasteiger partial charge >= 0.3 is 0 Å². The molecule has 0 unspecified atom stereocenters. The zero-order chi connectivity index (χ0) is 22.5. The lowest BCUT2D eigenvalue weighted by Gasteiger charge is -2.18. The average Bonchev–Trinajstić information content (AvgIpc) is 3.46. The number of carbonyl (C=O) groups excluding carboxylic acids is 1. The van der Waals surface area contributed by atoms with E-state index in [1.807, 2.05) is 19.9 Å². The van der Waals surface area contributed by atoms with Crippen LogP contribution in [0.3, 0.4) is 0 Å². The third kappa shape index (κ3) is 4.02. The van der Waals surface area contributed by atoms with Gasteiger partial charge in [0.1, 0.15) is 11.4 Å². The fourth-order valence-corrected chi connectivity index (χ4v) is 5.22. The number of para-hydroxylation sites is 1. The van der Waals surface area contributed by atoms with Gasteiger partial charge in [0.05, 0.1) is 32.3 Å². The van der Waals surface area contributed by atoms with Crippen molar-refractivity contribution >= 4 is 51.8 Å². The van der Waals surface area contributed by atoms with Crippen molar-refractivity contribution < 1.29 is 9.53 Å². The normalized spacial score (nSPS) is 17.4. The van der Waals surface area contributed by atoms with Crippen molar-refractivity contribution in [2.45, 2.75) is 51.6 Å². The van der Waals surface area contributed by atoms with Crippen molar-refractivity contribution in [2.24, 2.45) is 5.92 Å². The Kier molecular flexibility index (Phi) is 5.46. The van der Waals surface area contributed by atoms with Crippen LogP contribution in [0, 0.1) is 5.92 Å². The highest BCUT2D eigenvalue weighted by atomic mass is 35.5. The lowest BCUT2D eigenvalue weighted by Crippen LogP contribution is -2.29.